The molecule has 0 aromatic rings. The van der Waals surface area contributed by atoms with Gasteiger partial charge in [0, 0.05) is 11.0 Å². The largest absolute Gasteiger partial charge is 0.332 e. The second-order valence-electron chi connectivity index (χ2n) is 4.11. The molecule has 0 aliphatic carbocycles. The first kappa shape index (κ1) is 10.8. The first-order valence-electron chi connectivity index (χ1n) is 5.49. The van der Waals surface area contributed by atoms with Crippen LogP contribution >= 0.6 is 11.8 Å². The van der Waals surface area contributed by atoms with Gasteiger partial charge in [0.05, 0.1) is 12.1 Å². The van der Waals surface area contributed by atoms with E-state index in [1.54, 1.807) is 0 Å². The molecule has 15 heavy (non-hydrogen) atoms. The summed E-state index contributed by atoms with van der Waals surface area (Å²) in [6.45, 7) is 0. The third-order valence-electron chi connectivity index (χ3n) is 3.03. The lowest BCUT2D eigenvalue weighted by Gasteiger charge is -2.16. The summed E-state index contributed by atoms with van der Waals surface area (Å²) >= 11 is 1.96. The lowest BCUT2D eigenvalue weighted by atomic mass is 10.0. The van der Waals surface area contributed by atoms with Gasteiger partial charge in [-0.2, -0.15) is 11.8 Å². The monoisotopic (exact) mass is 227 g/mol. The summed E-state index contributed by atoms with van der Waals surface area (Å²) in [5.41, 5.74) is 0. The molecule has 0 saturated carbocycles. The van der Waals surface area contributed by atoms with E-state index in [0.717, 1.165) is 31.4 Å². The van der Waals surface area contributed by atoms with Crippen molar-refractivity contribution in [1.82, 2.24) is 10.6 Å². The predicted octanol–water partition coefficient (Wildman–Crippen LogP) is 1.36. The molecule has 4 nitrogen and oxygen atoms in total. The molecule has 0 bridgehead atoms. The Labute approximate surface area is 94.1 Å². The highest BCUT2D eigenvalue weighted by Crippen LogP contribution is 2.33. The summed E-state index contributed by atoms with van der Waals surface area (Å²) in [6, 6.07) is 0.674. The third kappa shape index (κ3) is 2.45. The molecule has 2 heterocycles. The molecule has 0 aromatic heterocycles. The normalized spacial score (nSPS) is 33.3. The van der Waals surface area contributed by atoms with Gasteiger partial charge in [-0.15, -0.1) is 0 Å². The van der Waals surface area contributed by atoms with Crippen molar-refractivity contribution in [3.05, 3.63) is 0 Å². The predicted molar refractivity (Wildman–Crippen MR) is 62.7 cm³/mol. The van der Waals surface area contributed by atoms with E-state index in [1.165, 1.54) is 6.21 Å². The minimum Gasteiger partial charge on any atom is -0.332 e. The summed E-state index contributed by atoms with van der Waals surface area (Å²) in [5.74, 6) is 1.04. The molecule has 0 aromatic carbocycles. The lowest BCUT2D eigenvalue weighted by Crippen LogP contribution is -2.36. The highest BCUT2D eigenvalue weighted by Gasteiger charge is 2.42. The molecule has 2 saturated heterocycles. The van der Waals surface area contributed by atoms with Gasteiger partial charge in [0.15, 0.2) is 0 Å². The van der Waals surface area contributed by atoms with Crippen molar-refractivity contribution < 1.29 is 4.79 Å². The lowest BCUT2D eigenvalue weighted by molar-refractivity contribution is 0.247. The maximum Gasteiger partial charge on any atom is 0.315 e. The number of unbranched alkanes of at least 4 members (excludes halogenated alkanes) is 2. The zero-order valence-corrected chi connectivity index (χ0v) is 9.48. The number of nitrogens with one attached hydrogen (secondary N) is 3. The second kappa shape index (κ2) is 4.88. The van der Waals surface area contributed by atoms with E-state index in [1.807, 2.05) is 11.8 Å². The number of hydrogen-bond donors (Lipinski definition) is 3. The van der Waals surface area contributed by atoms with Gasteiger partial charge >= 0.3 is 6.03 Å². The standard InChI is InChI=1S/C10H17N3OS/c11-5-3-1-2-4-8-9-7(6-15-8)12-10(14)13-9/h5,7-9,11H,1-4,6H2,(H2,12,13,14). The molecule has 2 rings (SSSR count). The number of fused-ring (bicyclic) bond motifs is 1. The average Bonchev–Trinajstić information content (AvgIpc) is 2.73. The summed E-state index contributed by atoms with van der Waals surface area (Å²) in [7, 11) is 0. The second-order valence-corrected chi connectivity index (χ2v) is 5.38. The fourth-order valence-electron chi connectivity index (χ4n) is 2.23. The summed E-state index contributed by atoms with van der Waals surface area (Å²) in [5, 5.41) is 13.4. The minimum absolute atomic E-state index is 0.00482. The van der Waals surface area contributed by atoms with E-state index in [9.17, 15) is 4.79 Å². The molecule has 3 unspecified atom stereocenters. The summed E-state index contributed by atoms with van der Waals surface area (Å²) in [4.78, 5) is 11.1. The van der Waals surface area contributed by atoms with Crippen molar-refractivity contribution >= 4 is 24.0 Å². The number of thioether (sulfide) groups is 1. The van der Waals surface area contributed by atoms with Crippen LogP contribution in [0.25, 0.3) is 0 Å². The van der Waals surface area contributed by atoms with Crippen LogP contribution in [0.2, 0.25) is 0 Å². The molecule has 2 amide bonds. The van der Waals surface area contributed by atoms with Gasteiger partial charge in [0.2, 0.25) is 0 Å². The quantitative estimate of drug-likeness (QED) is 0.377. The summed E-state index contributed by atoms with van der Waals surface area (Å²) in [6.07, 6.45) is 5.77. The maximum absolute atomic E-state index is 11.1. The highest BCUT2D eigenvalue weighted by atomic mass is 32.2. The van der Waals surface area contributed by atoms with Crippen molar-refractivity contribution in [1.29, 1.82) is 5.41 Å². The van der Waals surface area contributed by atoms with Gasteiger partial charge in [-0.25, -0.2) is 4.79 Å². The fraction of sp³-hybridized carbons (Fsp3) is 0.800. The Hall–Kier alpha value is -0.710. The van der Waals surface area contributed by atoms with Crippen LogP contribution in [-0.2, 0) is 0 Å². The van der Waals surface area contributed by atoms with Crippen LogP contribution in [0.3, 0.4) is 0 Å². The molecular weight excluding hydrogens is 210 g/mol. The van der Waals surface area contributed by atoms with Crippen LogP contribution < -0.4 is 10.6 Å². The molecular formula is C10H17N3OS. The number of urea groups is 1. The Balaban J connectivity index is 1.74. The first-order valence-corrected chi connectivity index (χ1v) is 6.53. The van der Waals surface area contributed by atoms with Gasteiger partial charge in [-0.1, -0.05) is 6.42 Å². The van der Waals surface area contributed by atoms with E-state index >= 15 is 0 Å². The van der Waals surface area contributed by atoms with Crippen molar-refractivity contribution in [3.8, 4) is 0 Å². The minimum atomic E-state index is -0.00482. The Morgan fingerprint density at radius 1 is 1.47 bits per heavy atom. The fourth-order valence-corrected chi connectivity index (χ4v) is 3.78. The van der Waals surface area contributed by atoms with Gasteiger partial charge in [0.1, 0.15) is 0 Å². The van der Waals surface area contributed by atoms with Gasteiger partial charge in [0.25, 0.3) is 0 Å². The van der Waals surface area contributed by atoms with E-state index < -0.39 is 0 Å². The molecule has 2 fully saturated rings. The zero-order chi connectivity index (χ0) is 10.7. The van der Waals surface area contributed by atoms with Crippen LogP contribution in [-0.4, -0.2) is 35.3 Å². The average molecular weight is 227 g/mol. The topological polar surface area (TPSA) is 65.0 Å². The Morgan fingerprint density at radius 3 is 3.13 bits per heavy atom. The number of hydrogen-bond acceptors (Lipinski definition) is 3. The van der Waals surface area contributed by atoms with E-state index in [4.69, 9.17) is 5.41 Å². The molecule has 3 atom stereocenters. The van der Waals surface area contributed by atoms with Gasteiger partial charge in [-0.3, -0.25) is 0 Å². The molecule has 5 heteroatoms. The molecule has 3 N–H and O–H groups in total. The summed E-state index contributed by atoms with van der Waals surface area (Å²) < 4.78 is 0. The van der Waals surface area contributed by atoms with Crippen LogP contribution in [0.15, 0.2) is 0 Å². The van der Waals surface area contributed by atoms with Crippen LogP contribution in [0.4, 0.5) is 4.79 Å². The Kier molecular flexibility index (Phi) is 3.51. The van der Waals surface area contributed by atoms with Crippen LogP contribution in [0, 0.1) is 5.41 Å². The Morgan fingerprint density at radius 2 is 2.33 bits per heavy atom. The van der Waals surface area contributed by atoms with E-state index in [2.05, 4.69) is 10.6 Å². The number of carbonyl (C=O) groups is 1. The van der Waals surface area contributed by atoms with Crippen LogP contribution in [0.5, 0.6) is 0 Å². The zero-order valence-electron chi connectivity index (χ0n) is 8.66. The molecule has 0 spiro atoms. The smallest absolute Gasteiger partial charge is 0.315 e. The first-order chi connectivity index (χ1) is 7.31. The number of amides is 2. The molecule has 2 aliphatic heterocycles. The molecule has 0 radical (unpaired) electrons. The Bertz CT molecular complexity index is 259. The van der Waals surface area contributed by atoms with Crippen molar-refractivity contribution in [2.45, 2.75) is 43.0 Å². The van der Waals surface area contributed by atoms with Crippen LogP contribution in [0.1, 0.15) is 25.7 Å². The van der Waals surface area contributed by atoms with Crippen molar-refractivity contribution in [3.63, 3.8) is 0 Å². The van der Waals surface area contributed by atoms with Gasteiger partial charge < -0.3 is 16.0 Å². The highest BCUT2D eigenvalue weighted by molar-refractivity contribution is 8.00. The SMILES string of the molecule is N=CCCCCC1SCC2NC(=O)NC21. The number of rotatable bonds is 5. The van der Waals surface area contributed by atoms with Gasteiger partial charge in [-0.05, 0) is 25.5 Å². The third-order valence-corrected chi connectivity index (χ3v) is 4.53. The molecule has 84 valence electrons. The maximum atomic E-state index is 11.1. The van der Waals surface area contributed by atoms with Crippen molar-refractivity contribution in [2.24, 2.45) is 0 Å². The number of carbonyl (C=O) groups excluding carboxylic acids is 1. The van der Waals surface area contributed by atoms with Crippen molar-refractivity contribution in [2.75, 3.05) is 5.75 Å². The molecule has 2 aliphatic rings. The van der Waals surface area contributed by atoms with E-state index in [-0.39, 0.29) is 6.03 Å². The van der Waals surface area contributed by atoms with E-state index in [0.29, 0.717) is 17.3 Å².